The van der Waals surface area contributed by atoms with Gasteiger partial charge >= 0.3 is 0 Å². The summed E-state index contributed by atoms with van der Waals surface area (Å²) < 4.78 is 38.9. The summed E-state index contributed by atoms with van der Waals surface area (Å²) in [6.45, 7) is 0.569. The third kappa shape index (κ3) is 4.24. The van der Waals surface area contributed by atoms with Crippen LogP contribution in [0.1, 0.15) is 10.4 Å². The van der Waals surface area contributed by atoms with Crippen molar-refractivity contribution >= 4 is 51.1 Å². The van der Waals surface area contributed by atoms with Gasteiger partial charge in [0.15, 0.2) is 0 Å². The Morgan fingerprint density at radius 1 is 1.05 bits per heavy atom. The van der Waals surface area contributed by atoms with Crippen molar-refractivity contribution in [3.63, 3.8) is 0 Å². The Balaban J connectivity index is 1.48. The quantitative estimate of drug-likeness (QED) is 0.208. The molecule has 216 valence electrons. The fraction of sp³-hybridized carbons (Fsp3) is 0.152. The van der Waals surface area contributed by atoms with Crippen LogP contribution in [0.25, 0.3) is 55.8 Å². The van der Waals surface area contributed by atoms with Crippen molar-refractivity contribution in [3.05, 3.63) is 90.0 Å². The normalized spacial score (nSPS) is 12.5. The van der Waals surface area contributed by atoms with Gasteiger partial charge in [-0.05, 0) is 60.7 Å². The molecule has 0 bridgehead atoms. The third-order valence-corrected chi connectivity index (χ3v) is 8.77. The lowest BCUT2D eigenvalue weighted by Crippen LogP contribution is -2.26. The summed E-state index contributed by atoms with van der Waals surface area (Å²) in [6, 6.07) is 20.7. The van der Waals surface area contributed by atoms with Gasteiger partial charge in [-0.1, -0.05) is 18.0 Å². The van der Waals surface area contributed by atoms with Crippen molar-refractivity contribution in [2.75, 3.05) is 36.6 Å². The van der Waals surface area contributed by atoms with Crippen LogP contribution in [0.3, 0.4) is 0 Å². The van der Waals surface area contributed by atoms with Crippen LogP contribution in [0.15, 0.2) is 77.2 Å². The first kappa shape index (κ1) is 27.0. The lowest BCUT2D eigenvalue weighted by molar-refractivity contribution is 0.0964. The largest absolute Gasteiger partial charge is 0.455 e. The molecule has 0 atom stereocenters. The van der Waals surface area contributed by atoms with Gasteiger partial charge in [-0.3, -0.25) is 4.79 Å². The summed E-state index contributed by atoms with van der Waals surface area (Å²) in [5.74, 6) is -0.608. The molecule has 6 aromatic rings. The number of pyridine rings is 1. The van der Waals surface area contributed by atoms with Crippen molar-refractivity contribution in [1.82, 2.24) is 14.9 Å². The number of rotatable bonds is 5. The number of carbonyl (C=O) groups excluding carboxylic acids is 1. The number of aromatic nitrogens is 2. The molecule has 10 heteroatoms. The van der Waals surface area contributed by atoms with Gasteiger partial charge in [0.25, 0.3) is 5.91 Å². The molecule has 1 amide bonds. The number of furan rings is 1. The van der Waals surface area contributed by atoms with Crippen LogP contribution >= 0.6 is 11.9 Å². The van der Waals surface area contributed by atoms with Crippen molar-refractivity contribution in [1.29, 1.82) is 0 Å². The zero-order valence-corrected chi connectivity index (χ0v) is 24.7. The second-order valence-electron chi connectivity index (χ2n) is 10.5. The van der Waals surface area contributed by atoms with E-state index in [1.807, 2.05) is 61.1 Å². The van der Waals surface area contributed by atoms with Gasteiger partial charge in [-0.2, -0.15) is 0 Å². The second-order valence-corrected chi connectivity index (χ2v) is 11.4. The molecule has 0 saturated heterocycles. The van der Waals surface area contributed by atoms with Crippen molar-refractivity contribution in [2.24, 2.45) is 0 Å². The molecule has 0 spiro atoms. The number of benzene rings is 3. The number of carbonyl (C=O) groups is 1. The Kier molecular flexibility index (Phi) is 6.39. The summed E-state index contributed by atoms with van der Waals surface area (Å²) >= 11 is 1.53. The number of nitrogens with one attached hydrogen (secondary N) is 1. The first-order valence-corrected chi connectivity index (χ1v) is 14.8. The Morgan fingerprint density at radius 3 is 2.58 bits per heavy atom. The summed E-state index contributed by atoms with van der Waals surface area (Å²) in [4.78, 5) is 20.5. The molecule has 43 heavy (non-hydrogen) atoms. The minimum absolute atomic E-state index is 0.271. The van der Waals surface area contributed by atoms with Crippen LogP contribution in [0.4, 0.5) is 20.2 Å². The number of fused-ring (bicyclic) bond motifs is 6. The van der Waals surface area contributed by atoms with E-state index in [4.69, 9.17) is 9.40 Å². The molecule has 0 saturated carbocycles. The summed E-state index contributed by atoms with van der Waals surface area (Å²) in [5.41, 5.74) is 7.12. The minimum atomic E-state index is -0.376. The standard InChI is InChI=1S/C33H27F2N5O2S/c1-36-33(41)30-22-14-21(27(39(3)43-4)16-29(22)42-32(30)18-8-10-19(34)11-9-18)24-12-13-26-31(37-24)28-15-20-23(35)6-5-7-25(20)40(28)17-38(26)2/h5-16H,17H2,1-4H3,(H,36,41). The average molecular weight is 596 g/mol. The molecular weight excluding hydrogens is 568 g/mol. The molecule has 1 aliphatic heterocycles. The van der Waals surface area contributed by atoms with Crippen molar-refractivity contribution in [3.8, 4) is 34.0 Å². The van der Waals surface area contributed by atoms with Gasteiger partial charge in [0.2, 0.25) is 0 Å². The fourth-order valence-electron chi connectivity index (χ4n) is 5.83. The second kappa shape index (κ2) is 10.2. The van der Waals surface area contributed by atoms with Gasteiger partial charge < -0.3 is 23.5 Å². The third-order valence-electron chi connectivity index (χ3n) is 8.03. The Morgan fingerprint density at radius 2 is 1.84 bits per heavy atom. The minimum Gasteiger partial charge on any atom is -0.455 e. The SMILES string of the molecule is CNC(=O)c1c(-c2ccc(F)cc2)oc2cc(N(C)SC)c(-c3ccc4c(n3)-c3cc5c(F)cccc5n3CN4C)cc12. The van der Waals surface area contributed by atoms with Crippen LogP contribution in [0, 0.1) is 11.6 Å². The van der Waals surface area contributed by atoms with E-state index in [1.54, 1.807) is 25.2 Å². The zero-order valence-electron chi connectivity index (χ0n) is 23.9. The van der Waals surface area contributed by atoms with Crippen LogP contribution in [-0.2, 0) is 6.67 Å². The molecule has 7 nitrogen and oxygen atoms in total. The number of anilines is 2. The van der Waals surface area contributed by atoms with Crippen LogP contribution in [0.5, 0.6) is 0 Å². The van der Waals surface area contributed by atoms with Crippen LogP contribution in [0.2, 0.25) is 0 Å². The summed E-state index contributed by atoms with van der Waals surface area (Å²) in [7, 11) is 5.51. The van der Waals surface area contributed by atoms with E-state index in [0.717, 1.165) is 33.8 Å². The number of halogens is 2. The van der Waals surface area contributed by atoms with E-state index >= 15 is 0 Å². The van der Waals surface area contributed by atoms with Crippen molar-refractivity contribution in [2.45, 2.75) is 6.67 Å². The van der Waals surface area contributed by atoms with E-state index in [0.29, 0.717) is 45.6 Å². The summed E-state index contributed by atoms with van der Waals surface area (Å²) in [5, 5.41) is 3.88. The maximum absolute atomic E-state index is 14.8. The van der Waals surface area contributed by atoms with Gasteiger partial charge in [0.1, 0.15) is 28.7 Å². The molecule has 0 radical (unpaired) electrons. The number of amides is 1. The van der Waals surface area contributed by atoms with E-state index < -0.39 is 0 Å². The molecule has 3 aromatic heterocycles. The first-order valence-electron chi connectivity index (χ1n) is 13.7. The Hall–Kier alpha value is -4.83. The smallest absolute Gasteiger partial charge is 0.255 e. The molecule has 0 unspecified atom stereocenters. The molecular formula is C33H27F2N5O2S. The molecule has 1 aliphatic rings. The topological polar surface area (TPSA) is 66.5 Å². The molecule has 7 rings (SSSR count). The Labute approximate surface area is 250 Å². The van der Waals surface area contributed by atoms with Gasteiger partial charge in [-0.25, -0.2) is 13.8 Å². The zero-order chi connectivity index (χ0) is 30.0. The van der Waals surface area contributed by atoms with Gasteiger partial charge in [0.05, 0.1) is 40.5 Å². The number of hydrogen-bond donors (Lipinski definition) is 1. The van der Waals surface area contributed by atoms with E-state index in [1.165, 1.54) is 30.1 Å². The molecule has 1 N–H and O–H groups in total. The highest BCUT2D eigenvalue weighted by atomic mass is 32.2. The number of nitrogens with zero attached hydrogens (tertiary/aromatic N) is 4. The van der Waals surface area contributed by atoms with Crippen LogP contribution < -0.4 is 14.5 Å². The van der Waals surface area contributed by atoms with E-state index in [-0.39, 0.29) is 17.5 Å². The van der Waals surface area contributed by atoms with Gasteiger partial charge in [-0.15, -0.1) is 0 Å². The predicted molar refractivity (Wildman–Crippen MR) is 169 cm³/mol. The van der Waals surface area contributed by atoms with E-state index in [9.17, 15) is 13.6 Å². The van der Waals surface area contributed by atoms with Crippen LogP contribution in [-0.4, -0.2) is 42.9 Å². The average Bonchev–Trinajstić information content (AvgIpc) is 3.59. The van der Waals surface area contributed by atoms with Gasteiger partial charge in [0, 0.05) is 55.4 Å². The molecule has 4 heterocycles. The summed E-state index contributed by atoms with van der Waals surface area (Å²) in [6.07, 6.45) is 1.97. The highest BCUT2D eigenvalue weighted by Gasteiger charge is 2.27. The Bertz CT molecular complexity index is 2070. The maximum Gasteiger partial charge on any atom is 0.255 e. The van der Waals surface area contributed by atoms with E-state index in [2.05, 4.69) is 14.8 Å². The molecule has 3 aromatic carbocycles. The first-order chi connectivity index (χ1) is 20.8. The monoisotopic (exact) mass is 595 g/mol. The predicted octanol–water partition coefficient (Wildman–Crippen LogP) is 7.54. The lowest BCUT2D eigenvalue weighted by Gasteiger charge is -2.30. The number of hydrogen-bond acceptors (Lipinski definition) is 6. The van der Waals surface area contributed by atoms with Crippen molar-refractivity contribution < 1.29 is 18.0 Å². The molecule has 0 fully saturated rings. The highest BCUT2D eigenvalue weighted by Crippen LogP contribution is 2.44. The maximum atomic E-state index is 14.8. The lowest BCUT2D eigenvalue weighted by atomic mass is 10.00. The highest BCUT2D eigenvalue weighted by molar-refractivity contribution is 7.99. The molecule has 0 aliphatic carbocycles. The fourth-order valence-corrected chi connectivity index (χ4v) is 6.18.